The SMILES string of the molecule is Cl.NCCN(CCc1ccccc1)Cc1cncs1. The van der Waals surface area contributed by atoms with Gasteiger partial charge in [-0.3, -0.25) is 9.88 Å². The monoisotopic (exact) mass is 297 g/mol. The van der Waals surface area contributed by atoms with Crippen molar-refractivity contribution >= 4 is 23.7 Å². The number of nitrogens with zero attached hydrogens (tertiary/aromatic N) is 2. The van der Waals surface area contributed by atoms with Gasteiger partial charge in [0.15, 0.2) is 0 Å². The second-order valence-corrected chi connectivity index (χ2v) is 5.24. The number of nitrogens with two attached hydrogens (primary N) is 1. The molecule has 0 saturated heterocycles. The summed E-state index contributed by atoms with van der Waals surface area (Å²) in [6.07, 6.45) is 3.01. The van der Waals surface area contributed by atoms with Gasteiger partial charge in [0.05, 0.1) is 5.51 Å². The Kier molecular flexibility index (Phi) is 7.67. The zero-order valence-electron chi connectivity index (χ0n) is 10.9. The normalized spacial score (nSPS) is 10.4. The molecule has 1 heterocycles. The molecule has 0 aliphatic heterocycles. The Morgan fingerprint density at radius 1 is 1.16 bits per heavy atom. The molecule has 0 bridgehead atoms. The molecule has 0 aliphatic rings. The molecule has 0 atom stereocenters. The van der Waals surface area contributed by atoms with Crippen molar-refractivity contribution in [3.63, 3.8) is 0 Å². The van der Waals surface area contributed by atoms with Crippen molar-refractivity contribution in [1.29, 1.82) is 0 Å². The van der Waals surface area contributed by atoms with Gasteiger partial charge in [0.2, 0.25) is 0 Å². The lowest BCUT2D eigenvalue weighted by Gasteiger charge is -2.20. The summed E-state index contributed by atoms with van der Waals surface area (Å²) in [7, 11) is 0. The molecule has 3 nitrogen and oxygen atoms in total. The molecule has 2 rings (SSSR count). The first-order valence-corrected chi connectivity index (χ1v) is 7.10. The van der Waals surface area contributed by atoms with Crippen LogP contribution in [0.3, 0.4) is 0 Å². The second kappa shape index (κ2) is 9.04. The van der Waals surface area contributed by atoms with E-state index in [1.807, 2.05) is 11.7 Å². The van der Waals surface area contributed by atoms with Gasteiger partial charge in [0, 0.05) is 37.3 Å². The highest BCUT2D eigenvalue weighted by Crippen LogP contribution is 2.10. The maximum Gasteiger partial charge on any atom is 0.0794 e. The highest BCUT2D eigenvalue weighted by molar-refractivity contribution is 7.09. The molecule has 104 valence electrons. The van der Waals surface area contributed by atoms with Crippen LogP contribution in [-0.2, 0) is 13.0 Å². The number of halogens is 1. The number of aromatic nitrogens is 1. The molecule has 0 aliphatic carbocycles. The van der Waals surface area contributed by atoms with Crippen LogP contribution in [0.4, 0.5) is 0 Å². The van der Waals surface area contributed by atoms with Crippen molar-refractivity contribution in [1.82, 2.24) is 9.88 Å². The lowest BCUT2D eigenvalue weighted by atomic mass is 10.1. The largest absolute Gasteiger partial charge is 0.329 e. The third-order valence-corrected chi connectivity index (χ3v) is 3.63. The summed E-state index contributed by atoms with van der Waals surface area (Å²) in [6, 6.07) is 10.6. The van der Waals surface area contributed by atoms with Gasteiger partial charge in [0.25, 0.3) is 0 Å². The predicted octanol–water partition coefficient (Wildman–Crippen LogP) is 2.57. The van der Waals surface area contributed by atoms with Crippen molar-refractivity contribution in [3.05, 3.63) is 52.5 Å². The van der Waals surface area contributed by atoms with E-state index in [4.69, 9.17) is 5.73 Å². The lowest BCUT2D eigenvalue weighted by Crippen LogP contribution is -2.30. The minimum atomic E-state index is 0. The summed E-state index contributed by atoms with van der Waals surface area (Å²) in [5, 5.41) is 0. The molecule has 0 saturated carbocycles. The summed E-state index contributed by atoms with van der Waals surface area (Å²) in [4.78, 5) is 7.81. The van der Waals surface area contributed by atoms with Gasteiger partial charge in [-0.05, 0) is 12.0 Å². The first-order chi connectivity index (χ1) is 8.88. The van der Waals surface area contributed by atoms with Crippen LogP contribution in [0.25, 0.3) is 0 Å². The first-order valence-electron chi connectivity index (χ1n) is 6.22. The fraction of sp³-hybridized carbons (Fsp3) is 0.357. The highest BCUT2D eigenvalue weighted by Gasteiger charge is 2.06. The van der Waals surface area contributed by atoms with Gasteiger partial charge in [-0.25, -0.2) is 0 Å². The molecule has 2 aromatic rings. The average Bonchev–Trinajstić information content (AvgIpc) is 2.90. The van der Waals surface area contributed by atoms with Crippen molar-refractivity contribution in [2.75, 3.05) is 19.6 Å². The molecular weight excluding hydrogens is 278 g/mol. The van der Waals surface area contributed by atoms with Crippen LogP contribution in [-0.4, -0.2) is 29.5 Å². The Bertz CT molecular complexity index is 433. The Labute approximate surface area is 124 Å². The van der Waals surface area contributed by atoms with Gasteiger partial charge in [-0.1, -0.05) is 30.3 Å². The summed E-state index contributed by atoms with van der Waals surface area (Å²) in [5.41, 5.74) is 8.93. The molecule has 1 aromatic carbocycles. The number of hydrogen-bond donors (Lipinski definition) is 1. The zero-order chi connectivity index (χ0) is 12.6. The zero-order valence-corrected chi connectivity index (χ0v) is 12.5. The third-order valence-electron chi connectivity index (χ3n) is 2.87. The van der Waals surface area contributed by atoms with Crippen molar-refractivity contribution in [2.24, 2.45) is 5.73 Å². The topological polar surface area (TPSA) is 42.1 Å². The minimum absolute atomic E-state index is 0. The van der Waals surface area contributed by atoms with E-state index in [1.165, 1.54) is 10.4 Å². The smallest absolute Gasteiger partial charge is 0.0794 e. The van der Waals surface area contributed by atoms with E-state index in [0.717, 1.165) is 26.1 Å². The Balaban J connectivity index is 0.00000180. The van der Waals surface area contributed by atoms with Gasteiger partial charge < -0.3 is 5.73 Å². The summed E-state index contributed by atoms with van der Waals surface area (Å²) in [6.45, 7) is 3.63. The van der Waals surface area contributed by atoms with E-state index < -0.39 is 0 Å². The Morgan fingerprint density at radius 2 is 1.95 bits per heavy atom. The summed E-state index contributed by atoms with van der Waals surface area (Å²) < 4.78 is 0. The number of hydrogen-bond acceptors (Lipinski definition) is 4. The summed E-state index contributed by atoms with van der Waals surface area (Å²) >= 11 is 1.71. The van der Waals surface area contributed by atoms with Crippen molar-refractivity contribution in [2.45, 2.75) is 13.0 Å². The molecule has 0 unspecified atom stereocenters. The van der Waals surface area contributed by atoms with E-state index in [9.17, 15) is 0 Å². The van der Waals surface area contributed by atoms with E-state index in [0.29, 0.717) is 6.54 Å². The quantitative estimate of drug-likeness (QED) is 0.854. The molecule has 19 heavy (non-hydrogen) atoms. The van der Waals surface area contributed by atoms with Gasteiger partial charge >= 0.3 is 0 Å². The molecule has 5 heteroatoms. The molecule has 0 amide bonds. The Hall–Kier alpha value is -0.940. The second-order valence-electron chi connectivity index (χ2n) is 4.27. The standard InChI is InChI=1S/C14H19N3S.ClH/c15-7-9-17(11-14-10-16-12-18-14)8-6-13-4-2-1-3-5-13;/h1-5,10,12H,6-9,11,15H2;1H. The number of benzene rings is 1. The fourth-order valence-corrected chi connectivity index (χ4v) is 2.56. The molecule has 1 aromatic heterocycles. The van der Waals surface area contributed by atoms with E-state index >= 15 is 0 Å². The maximum atomic E-state index is 5.67. The average molecular weight is 298 g/mol. The molecule has 0 spiro atoms. The van der Waals surface area contributed by atoms with Crippen molar-refractivity contribution in [3.8, 4) is 0 Å². The number of thiazole rings is 1. The van der Waals surface area contributed by atoms with E-state index in [1.54, 1.807) is 11.3 Å². The van der Waals surface area contributed by atoms with Gasteiger partial charge in [0.1, 0.15) is 0 Å². The van der Waals surface area contributed by atoms with E-state index in [-0.39, 0.29) is 12.4 Å². The van der Waals surface area contributed by atoms with Crippen LogP contribution in [0, 0.1) is 0 Å². The van der Waals surface area contributed by atoms with Crippen LogP contribution < -0.4 is 5.73 Å². The van der Waals surface area contributed by atoms with E-state index in [2.05, 4.69) is 40.2 Å². The van der Waals surface area contributed by atoms with Crippen molar-refractivity contribution < 1.29 is 0 Å². The van der Waals surface area contributed by atoms with Gasteiger partial charge in [-0.15, -0.1) is 23.7 Å². The lowest BCUT2D eigenvalue weighted by molar-refractivity contribution is 0.278. The molecule has 2 N–H and O–H groups in total. The molecule has 0 radical (unpaired) electrons. The Morgan fingerprint density at radius 3 is 2.58 bits per heavy atom. The fourth-order valence-electron chi connectivity index (χ4n) is 1.92. The third kappa shape index (κ3) is 5.70. The van der Waals surface area contributed by atoms with Crippen LogP contribution >= 0.6 is 23.7 Å². The van der Waals surface area contributed by atoms with Crippen LogP contribution in [0.2, 0.25) is 0 Å². The maximum absolute atomic E-state index is 5.67. The molecular formula is C14H20ClN3S. The first kappa shape index (κ1) is 16.1. The van der Waals surface area contributed by atoms with Gasteiger partial charge in [-0.2, -0.15) is 0 Å². The predicted molar refractivity (Wildman–Crippen MR) is 83.8 cm³/mol. The van der Waals surface area contributed by atoms with Crippen LogP contribution in [0.1, 0.15) is 10.4 Å². The van der Waals surface area contributed by atoms with Crippen LogP contribution in [0.5, 0.6) is 0 Å². The summed E-state index contributed by atoms with van der Waals surface area (Å²) in [5.74, 6) is 0. The molecule has 0 fully saturated rings. The van der Waals surface area contributed by atoms with Crippen LogP contribution in [0.15, 0.2) is 42.0 Å². The number of rotatable bonds is 7. The highest BCUT2D eigenvalue weighted by atomic mass is 35.5. The minimum Gasteiger partial charge on any atom is -0.329 e.